The molecule has 4 rings (SSSR count). The van der Waals surface area contributed by atoms with Gasteiger partial charge in [-0.25, -0.2) is 0 Å². The quantitative estimate of drug-likeness (QED) is 0.206. The van der Waals surface area contributed by atoms with Gasteiger partial charge in [0.1, 0.15) is 0 Å². The van der Waals surface area contributed by atoms with Crippen molar-refractivity contribution < 1.29 is 57.7 Å². The minimum absolute atomic E-state index is 0. The van der Waals surface area contributed by atoms with Gasteiger partial charge in [-0.05, 0) is 0 Å². The second-order valence-electron chi connectivity index (χ2n) is 16.8. The maximum atomic E-state index is 2.71. The summed E-state index contributed by atoms with van der Waals surface area (Å²) < 4.78 is -0.0922. The second kappa shape index (κ2) is 15.1. The first-order chi connectivity index (χ1) is 20.0. The summed E-state index contributed by atoms with van der Waals surface area (Å²) in [6.45, 7) is 39.4. The largest absolute Gasteiger partial charge is 1.00 e. The van der Waals surface area contributed by atoms with Gasteiger partial charge in [-0.15, -0.1) is 0 Å². The summed E-state index contributed by atoms with van der Waals surface area (Å²) in [5.41, 5.74) is 10.5. The summed E-state index contributed by atoms with van der Waals surface area (Å²) >= 11 is 2.64. The van der Waals surface area contributed by atoms with E-state index in [9.17, 15) is 0 Å². The van der Waals surface area contributed by atoms with Crippen molar-refractivity contribution in [3.05, 3.63) is 93.6 Å². The van der Waals surface area contributed by atoms with E-state index in [0.717, 1.165) is 0 Å². The molecule has 3 aromatic carbocycles. The number of rotatable bonds is 7. The summed E-state index contributed by atoms with van der Waals surface area (Å²) in [7, 11) is -7.58. The summed E-state index contributed by atoms with van der Waals surface area (Å²) in [5.74, 6) is 0. The number of aryl methyl sites for hydroxylation is 3. The molecule has 0 unspecified atom stereocenters. The van der Waals surface area contributed by atoms with Gasteiger partial charge in [0.05, 0.1) is 0 Å². The van der Waals surface area contributed by atoms with Crippen LogP contribution in [0.25, 0.3) is 0 Å². The molecule has 0 spiro atoms. The maximum Gasteiger partial charge on any atom is -1.00 e. The van der Waals surface area contributed by atoms with Crippen LogP contribution >= 0.6 is 0 Å². The topological polar surface area (TPSA) is 0 Å². The van der Waals surface area contributed by atoms with Crippen LogP contribution in [-0.2, 0) is 20.4 Å². The van der Waals surface area contributed by atoms with E-state index in [-0.39, 0.29) is 40.6 Å². The predicted molar refractivity (Wildman–Crippen MR) is 207 cm³/mol. The number of benzene rings is 3. The van der Waals surface area contributed by atoms with Gasteiger partial charge in [0, 0.05) is 0 Å². The predicted octanol–water partition coefficient (Wildman–Crippen LogP) is -1.34. The molecule has 0 N–H and O–H groups in total. The van der Waals surface area contributed by atoms with E-state index in [4.69, 9.17) is 0 Å². The molecule has 0 saturated carbocycles. The van der Waals surface area contributed by atoms with Gasteiger partial charge in [-0.2, -0.15) is 0 Å². The first-order valence-electron chi connectivity index (χ1n) is 16.5. The molecule has 0 nitrogen and oxygen atoms in total. The summed E-state index contributed by atoms with van der Waals surface area (Å²) in [5, 5.41) is 9.58. The van der Waals surface area contributed by atoms with Crippen LogP contribution in [0.5, 0.6) is 0 Å². The zero-order valence-corrected chi connectivity index (χ0v) is 39.7. The van der Waals surface area contributed by atoms with Crippen molar-refractivity contribution in [3.63, 3.8) is 0 Å². The molecular formula is C39H57Cl3Si4Ti. The molecule has 0 aliphatic heterocycles. The van der Waals surface area contributed by atoms with Crippen LogP contribution in [0, 0.1) is 20.8 Å². The van der Waals surface area contributed by atoms with Crippen molar-refractivity contribution >= 4 is 63.4 Å². The van der Waals surface area contributed by atoms with E-state index in [1.54, 1.807) is 42.3 Å². The third-order valence-corrected chi connectivity index (χ3v) is 25.6. The molecule has 0 fully saturated rings. The van der Waals surface area contributed by atoms with Gasteiger partial charge in [-0.3, -0.25) is 0 Å². The van der Waals surface area contributed by atoms with Crippen LogP contribution in [-0.4, -0.2) is 32.3 Å². The van der Waals surface area contributed by atoms with Crippen LogP contribution in [0.1, 0.15) is 44.4 Å². The Balaban J connectivity index is 0.00000368. The van der Waals surface area contributed by atoms with E-state index in [2.05, 4.69) is 182 Å². The van der Waals surface area contributed by atoms with E-state index in [0.29, 0.717) is 0 Å². The van der Waals surface area contributed by atoms with Gasteiger partial charge in [-0.1, -0.05) is 0 Å². The Morgan fingerprint density at radius 2 is 0.660 bits per heavy atom. The molecule has 1 aliphatic rings. The standard InChI is InChI=1S/C39H57Si4.3ClH.Ti/c1-26-17-20-33(23-36(26)40(8,9)10)43(39-31(6)29(4)30(5)32(39)7,34-21-18-27(2)37(24-34)41(11,12)13)35-22-19-28(3)38(25-35)42(14,15)16;;;;/h17-25H,1-16H3;3*1H;/q;;;;+3/p-3. The molecule has 3 aromatic rings. The molecule has 47 heavy (non-hydrogen) atoms. The zero-order valence-electron chi connectivity index (χ0n) is 31.8. The average Bonchev–Trinajstić information content (AvgIpc) is 3.05. The first kappa shape index (κ1) is 44.6. The number of allylic oxidation sites excluding steroid dienone is 4. The van der Waals surface area contributed by atoms with Crippen LogP contribution in [0.15, 0.2) is 76.9 Å². The molecule has 0 heterocycles. The van der Waals surface area contributed by atoms with E-state index < -0.39 is 32.3 Å². The average molecular weight is 792 g/mol. The van der Waals surface area contributed by atoms with Crippen molar-refractivity contribution in [2.24, 2.45) is 0 Å². The van der Waals surface area contributed by atoms with Gasteiger partial charge in [0.25, 0.3) is 0 Å². The summed E-state index contributed by atoms with van der Waals surface area (Å²) in [6, 6.07) is 23.2. The zero-order chi connectivity index (χ0) is 33.4. The van der Waals surface area contributed by atoms with E-state index in [1.165, 1.54) is 27.8 Å². The molecule has 0 radical (unpaired) electrons. The van der Waals surface area contributed by atoms with Crippen molar-refractivity contribution in [1.29, 1.82) is 0 Å². The number of hydrogen-bond acceptors (Lipinski definition) is 0. The molecule has 0 amide bonds. The minimum atomic E-state index is -2.77. The molecule has 254 valence electrons. The fourth-order valence-corrected chi connectivity index (χ4v) is 22.6. The molecule has 0 bridgehead atoms. The third kappa shape index (κ3) is 7.48. The third-order valence-electron chi connectivity index (χ3n) is 10.8. The van der Waals surface area contributed by atoms with Crippen LogP contribution < -0.4 is 68.3 Å². The van der Waals surface area contributed by atoms with Gasteiger partial charge >= 0.3 is 288 Å². The number of hydrogen-bond donors (Lipinski definition) is 0. The number of halogens is 3. The Morgan fingerprint density at radius 1 is 0.426 bits per heavy atom. The summed E-state index contributed by atoms with van der Waals surface area (Å²) in [4.78, 5) is 0. The molecule has 0 saturated heterocycles. The van der Waals surface area contributed by atoms with Gasteiger partial charge < -0.3 is 37.2 Å². The van der Waals surface area contributed by atoms with Crippen LogP contribution in [0.2, 0.25) is 62.3 Å². The second-order valence-corrected chi connectivity index (χ2v) is 37.9. The van der Waals surface area contributed by atoms with E-state index in [1.807, 2.05) is 0 Å². The maximum absolute atomic E-state index is 2.77. The fraction of sp³-hybridized carbons (Fsp3) is 0.436. The molecule has 0 atom stereocenters. The normalized spacial score (nSPS) is 15.3. The van der Waals surface area contributed by atoms with Crippen molar-refractivity contribution in [2.75, 3.05) is 0 Å². The Kier molecular flexibility index (Phi) is 14.3. The Labute approximate surface area is 322 Å². The molecule has 1 aliphatic carbocycles. The smallest absolute Gasteiger partial charge is 1.00 e. The van der Waals surface area contributed by atoms with Crippen LogP contribution in [0.4, 0.5) is 0 Å². The van der Waals surface area contributed by atoms with Crippen molar-refractivity contribution in [2.45, 2.75) is 111 Å². The van der Waals surface area contributed by atoms with Gasteiger partial charge in [0.15, 0.2) is 0 Å². The Morgan fingerprint density at radius 3 is 0.872 bits per heavy atom. The SMILES string of the molecule is CC1=C(C)[C]([Ti+3])([Si](c2ccc(C)c([Si](C)(C)C)c2)(c2ccc(C)c([Si](C)(C)C)c2)c2ccc(C)c([Si](C)(C)C)c2)C(C)=C1C.[Cl-].[Cl-].[Cl-]. The van der Waals surface area contributed by atoms with Crippen molar-refractivity contribution in [1.82, 2.24) is 0 Å². The van der Waals surface area contributed by atoms with Crippen molar-refractivity contribution in [3.8, 4) is 0 Å². The minimum Gasteiger partial charge on any atom is -1.00 e. The van der Waals surface area contributed by atoms with Gasteiger partial charge in [0.2, 0.25) is 0 Å². The van der Waals surface area contributed by atoms with E-state index >= 15 is 0 Å². The fourth-order valence-electron chi connectivity index (χ4n) is 8.11. The molecular weight excluding hydrogens is 735 g/mol. The monoisotopic (exact) mass is 790 g/mol. The summed E-state index contributed by atoms with van der Waals surface area (Å²) in [6.07, 6.45) is 0. The molecule has 0 aromatic heterocycles. The Hall–Kier alpha value is -0.408. The Bertz CT molecular complexity index is 1520. The van der Waals surface area contributed by atoms with Crippen LogP contribution in [0.3, 0.4) is 0 Å². The molecule has 8 heteroatoms. The first-order valence-corrected chi connectivity index (χ1v) is 29.7.